The maximum absolute atomic E-state index is 11.9. The number of hydrogen-bond donors (Lipinski definition) is 0. The second-order valence-electron chi connectivity index (χ2n) is 4.83. The molecule has 0 amide bonds. The van der Waals surface area contributed by atoms with Gasteiger partial charge in [-0.1, -0.05) is 0 Å². The van der Waals surface area contributed by atoms with Gasteiger partial charge in [-0.15, -0.1) is 0 Å². The Bertz CT molecular complexity index is 568. The molecule has 21 heavy (non-hydrogen) atoms. The van der Waals surface area contributed by atoms with Gasteiger partial charge in [0.15, 0.2) is 28.9 Å². The molecule has 0 aromatic rings. The summed E-state index contributed by atoms with van der Waals surface area (Å²) in [5, 5.41) is 0. The number of Topliss-reactive ketones (excluding diaryl/α,β-unsaturated/α-hetero) is 5. The Kier molecular flexibility index (Phi) is 4.46. The van der Waals surface area contributed by atoms with Gasteiger partial charge in [0, 0.05) is 13.8 Å². The van der Waals surface area contributed by atoms with Crippen molar-refractivity contribution in [2.45, 2.75) is 46.3 Å². The fourth-order valence-corrected chi connectivity index (χ4v) is 2.12. The number of hydrogen-bond acceptors (Lipinski definition) is 7. The molecular formula is C14H16O7. The molecule has 0 saturated carbocycles. The Labute approximate surface area is 121 Å². The third-order valence-corrected chi connectivity index (χ3v) is 3.13. The molecule has 0 fully saturated rings. The van der Waals surface area contributed by atoms with Crippen LogP contribution in [-0.2, 0) is 33.4 Å². The van der Waals surface area contributed by atoms with Gasteiger partial charge < -0.3 is 9.47 Å². The maximum atomic E-state index is 11.9. The summed E-state index contributed by atoms with van der Waals surface area (Å²) < 4.78 is 10.5. The van der Waals surface area contributed by atoms with Crippen LogP contribution in [0.1, 0.15) is 34.6 Å². The Morgan fingerprint density at radius 2 is 1.24 bits per heavy atom. The third-order valence-electron chi connectivity index (χ3n) is 3.13. The van der Waals surface area contributed by atoms with Crippen molar-refractivity contribution in [3.63, 3.8) is 0 Å². The van der Waals surface area contributed by atoms with E-state index in [2.05, 4.69) is 0 Å². The lowest BCUT2D eigenvalue weighted by molar-refractivity contribution is -0.181. The molecule has 0 radical (unpaired) electrons. The van der Waals surface area contributed by atoms with E-state index in [0.29, 0.717) is 0 Å². The molecule has 114 valence electrons. The van der Waals surface area contributed by atoms with Crippen LogP contribution in [0.3, 0.4) is 0 Å². The normalized spacial score (nSPS) is 20.1. The number of rotatable bonds is 5. The van der Waals surface area contributed by atoms with Crippen LogP contribution in [0.25, 0.3) is 0 Å². The molecule has 1 aliphatic rings. The maximum Gasteiger partial charge on any atom is 0.267 e. The van der Waals surface area contributed by atoms with Crippen molar-refractivity contribution in [1.82, 2.24) is 0 Å². The minimum Gasteiger partial charge on any atom is -0.470 e. The molecule has 0 aliphatic carbocycles. The lowest BCUT2D eigenvalue weighted by atomic mass is 9.84. The predicted octanol–water partition coefficient (Wildman–Crippen LogP) is 0.297. The smallest absolute Gasteiger partial charge is 0.267 e. The van der Waals surface area contributed by atoms with Crippen LogP contribution < -0.4 is 0 Å². The number of ether oxygens (including phenoxy) is 2. The van der Waals surface area contributed by atoms with E-state index < -0.39 is 52.1 Å². The van der Waals surface area contributed by atoms with Gasteiger partial charge in [-0.3, -0.25) is 24.0 Å². The molecule has 7 nitrogen and oxygen atoms in total. The van der Waals surface area contributed by atoms with Gasteiger partial charge in [0.1, 0.15) is 0 Å². The number of carbonyl (C=O) groups is 5. The highest BCUT2D eigenvalue weighted by atomic mass is 16.6. The first-order chi connectivity index (χ1) is 9.55. The molecule has 0 aromatic carbocycles. The highest BCUT2D eigenvalue weighted by molar-refractivity contribution is 6.15. The zero-order chi connectivity index (χ0) is 16.5. The van der Waals surface area contributed by atoms with E-state index in [1.165, 1.54) is 0 Å². The summed E-state index contributed by atoms with van der Waals surface area (Å²) in [6.07, 6.45) is -1.60. The van der Waals surface area contributed by atoms with Crippen molar-refractivity contribution in [2.24, 2.45) is 0 Å². The summed E-state index contributed by atoms with van der Waals surface area (Å²) >= 11 is 0. The third kappa shape index (κ3) is 2.63. The molecule has 0 N–H and O–H groups in total. The number of allylic oxidation sites excluding steroid dienone is 2. The van der Waals surface area contributed by atoms with E-state index in [9.17, 15) is 24.0 Å². The number of carbonyl (C=O) groups excluding carboxylic acids is 5. The van der Waals surface area contributed by atoms with Crippen LogP contribution in [-0.4, -0.2) is 40.6 Å². The summed E-state index contributed by atoms with van der Waals surface area (Å²) in [5.41, 5.74) is -2.24. The average Bonchev–Trinajstić information content (AvgIpc) is 2.35. The van der Waals surface area contributed by atoms with Gasteiger partial charge in [0.2, 0.25) is 17.6 Å². The minimum absolute atomic E-state index is 0.458. The molecule has 1 atom stereocenters. The van der Waals surface area contributed by atoms with Crippen molar-refractivity contribution >= 4 is 28.9 Å². The molecular weight excluding hydrogens is 280 g/mol. The second-order valence-corrected chi connectivity index (χ2v) is 4.83. The summed E-state index contributed by atoms with van der Waals surface area (Å²) in [6, 6.07) is 0. The first kappa shape index (κ1) is 16.7. The van der Waals surface area contributed by atoms with E-state index >= 15 is 0 Å². The van der Waals surface area contributed by atoms with Crippen molar-refractivity contribution < 1.29 is 33.4 Å². The van der Waals surface area contributed by atoms with Crippen LogP contribution in [0.15, 0.2) is 11.5 Å². The lowest BCUT2D eigenvalue weighted by Crippen LogP contribution is -2.62. The highest BCUT2D eigenvalue weighted by Crippen LogP contribution is 2.34. The SMILES string of the molecule is CC(=O)C1=C(C(C)=O)OC(C(C)=O)(C(C)=O)C(C(C)=O)O1. The van der Waals surface area contributed by atoms with Gasteiger partial charge in [-0.2, -0.15) is 0 Å². The van der Waals surface area contributed by atoms with E-state index in [1.54, 1.807) is 0 Å². The fraction of sp³-hybridized carbons (Fsp3) is 0.500. The van der Waals surface area contributed by atoms with Gasteiger partial charge >= 0.3 is 0 Å². The Hall–Kier alpha value is -2.31. The highest BCUT2D eigenvalue weighted by Gasteiger charge is 2.58. The first-order valence-electron chi connectivity index (χ1n) is 6.20. The molecule has 0 spiro atoms. The molecule has 7 heteroatoms. The quantitative estimate of drug-likeness (QED) is 0.672. The van der Waals surface area contributed by atoms with Crippen molar-refractivity contribution in [3.8, 4) is 0 Å². The fourth-order valence-electron chi connectivity index (χ4n) is 2.12. The van der Waals surface area contributed by atoms with Crippen LogP contribution in [0.4, 0.5) is 0 Å². The number of ketones is 5. The van der Waals surface area contributed by atoms with E-state index in [4.69, 9.17) is 9.47 Å². The molecule has 1 aliphatic heterocycles. The largest absolute Gasteiger partial charge is 0.470 e. The van der Waals surface area contributed by atoms with Crippen molar-refractivity contribution in [2.75, 3.05) is 0 Å². The van der Waals surface area contributed by atoms with Crippen LogP contribution >= 0.6 is 0 Å². The second kappa shape index (κ2) is 5.59. The lowest BCUT2D eigenvalue weighted by Gasteiger charge is -2.39. The van der Waals surface area contributed by atoms with Crippen LogP contribution in [0.2, 0.25) is 0 Å². The molecule has 0 aromatic heterocycles. The van der Waals surface area contributed by atoms with Crippen molar-refractivity contribution in [3.05, 3.63) is 11.5 Å². The minimum atomic E-state index is -2.24. The Morgan fingerprint density at radius 1 is 0.810 bits per heavy atom. The molecule has 1 unspecified atom stereocenters. The summed E-state index contributed by atoms with van der Waals surface area (Å²) in [4.78, 5) is 58.7. The summed E-state index contributed by atoms with van der Waals surface area (Å²) in [7, 11) is 0. The van der Waals surface area contributed by atoms with E-state index in [1.807, 2.05) is 0 Å². The first-order valence-corrected chi connectivity index (χ1v) is 6.20. The molecule has 1 heterocycles. The predicted molar refractivity (Wildman–Crippen MR) is 69.1 cm³/mol. The molecule has 1 rings (SSSR count). The molecule has 0 saturated heterocycles. The topological polar surface area (TPSA) is 104 Å². The molecule has 0 bridgehead atoms. The summed E-state index contributed by atoms with van der Waals surface area (Å²) in [5.74, 6) is -4.54. The zero-order valence-corrected chi connectivity index (χ0v) is 12.4. The van der Waals surface area contributed by atoms with E-state index in [-0.39, 0.29) is 0 Å². The Morgan fingerprint density at radius 3 is 1.52 bits per heavy atom. The summed E-state index contributed by atoms with van der Waals surface area (Å²) in [6.45, 7) is 5.42. The standard InChI is InChI=1S/C14H16O7/c1-6(15)11-12(7(2)16)21-14(9(4)18,10(5)19)13(20-11)8(3)17/h13H,1-5H3. The monoisotopic (exact) mass is 296 g/mol. The van der Waals surface area contributed by atoms with E-state index in [0.717, 1.165) is 34.6 Å². The zero-order valence-electron chi connectivity index (χ0n) is 12.4. The Balaban J connectivity index is 3.64. The van der Waals surface area contributed by atoms with Crippen LogP contribution in [0, 0.1) is 0 Å². The van der Waals surface area contributed by atoms with Crippen LogP contribution in [0.5, 0.6) is 0 Å². The average molecular weight is 296 g/mol. The van der Waals surface area contributed by atoms with Gasteiger partial charge in [0.25, 0.3) is 5.60 Å². The van der Waals surface area contributed by atoms with Gasteiger partial charge in [0.05, 0.1) is 0 Å². The van der Waals surface area contributed by atoms with Crippen molar-refractivity contribution in [1.29, 1.82) is 0 Å². The van der Waals surface area contributed by atoms with Gasteiger partial charge in [-0.05, 0) is 20.8 Å². The van der Waals surface area contributed by atoms with Gasteiger partial charge in [-0.25, -0.2) is 0 Å².